The molecule has 0 radical (unpaired) electrons. The largest absolute Gasteiger partial charge is 0.327 e. The molecule has 1 aliphatic heterocycles. The van der Waals surface area contributed by atoms with Gasteiger partial charge in [0.25, 0.3) is 5.91 Å². The fourth-order valence-corrected chi connectivity index (χ4v) is 1.84. The number of nitrogens with zero attached hydrogens (tertiary/aromatic N) is 3. The van der Waals surface area contributed by atoms with Crippen LogP contribution >= 0.6 is 0 Å². The van der Waals surface area contributed by atoms with Crippen LogP contribution in [0.4, 0.5) is 10.5 Å². The number of nitriles is 1. The lowest BCUT2D eigenvalue weighted by Gasteiger charge is -2.13. The SMILES string of the molecule is CN1CC(=O)N(CC(=O)Nc2cccc(C#N)c2)C1=O. The highest BCUT2D eigenvalue weighted by Crippen LogP contribution is 2.11. The van der Waals surface area contributed by atoms with Crippen LogP contribution in [0, 0.1) is 11.3 Å². The molecule has 7 heteroatoms. The molecule has 1 aliphatic rings. The van der Waals surface area contributed by atoms with E-state index in [-0.39, 0.29) is 13.1 Å². The number of hydrogen-bond donors (Lipinski definition) is 1. The maximum atomic E-state index is 11.8. The average Bonchev–Trinajstić information content (AvgIpc) is 2.65. The van der Waals surface area contributed by atoms with E-state index >= 15 is 0 Å². The summed E-state index contributed by atoms with van der Waals surface area (Å²) in [6.07, 6.45) is 0. The zero-order valence-electron chi connectivity index (χ0n) is 10.8. The van der Waals surface area contributed by atoms with Crippen molar-refractivity contribution in [2.75, 3.05) is 25.5 Å². The number of likely N-dealkylation sites (N-methyl/N-ethyl adjacent to an activating group) is 1. The van der Waals surface area contributed by atoms with E-state index in [9.17, 15) is 14.4 Å². The number of amides is 4. The molecular formula is C13H12N4O3. The van der Waals surface area contributed by atoms with Crippen molar-refractivity contribution in [2.24, 2.45) is 0 Å². The van der Waals surface area contributed by atoms with E-state index in [1.54, 1.807) is 18.2 Å². The van der Waals surface area contributed by atoms with Crippen LogP contribution in [-0.2, 0) is 9.59 Å². The molecule has 4 amide bonds. The van der Waals surface area contributed by atoms with Gasteiger partial charge in [0.2, 0.25) is 5.91 Å². The molecule has 1 aromatic carbocycles. The van der Waals surface area contributed by atoms with E-state index in [1.165, 1.54) is 18.0 Å². The molecule has 0 bridgehead atoms. The lowest BCUT2D eigenvalue weighted by molar-refractivity contribution is -0.129. The van der Waals surface area contributed by atoms with Crippen LogP contribution in [0.5, 0.6) is 0 Å². The smallest absolute Gasteiger partial charge is 0.324 e. The number of nitrogens with one attached hydrogen (secondary N) is 1. The summed E-state index contributed by atoms with van der Waals surface area (Å²) >= 11 is 0. The van der Waals surface area contributed by atoms with Gasteiger partial charge < -0.3 is 10.2 Å². The molecule has 1 heterocycles. The zero-order chi connectivity index (χ0) is 14.7. The van der Waals surface area contributed by atoms with Crippen molar-refractivity contribution in [1.82, 2.24) is 9.80 Å². The maximum absolute atomic E-state index is 11.8. The van der Waals surface area contributed by atoms with Crippen molar-refractivity contribution in [3.05, 3.63) is 29.8 Å². The molecule has 0 aliphatic carbocycles. The summed E-state index contributed by atoms with van der Waals surface area (Å²) in [5.41, 5.74) is 0.859. The Morgan fingerprint density at radius 1 is 1.45 bits per heavy atom. The molecule has 20 heavy (non-hydrogen) atoms. The van der Waals surface area contributed by atoms with Crippen LogP contribution < -0.4 is 5.32 Å². The fourth-order valence-electron chi connectivity index (χ4n) is 1.84. The highest BCUT2D eigenvalue weighted by atomic mass is 16.2. The lowest BCUT2D eigenvalue weighted by atomic mass is 10.2. The van der Waals surface area contributed by atoms with Crippen LogP contribution in [0.3, 0.4) is 0 Å². The van der Waals surface area contributed by atoms with Gasteiger partial charge in [-0.15, -0.1) is 0 Å². The van der Waals surface area contributed by atoms with E-state index in [0.29, 0.717) is 11.3 Å². The third-order valence-corrected chi connectivity index (χ3v) is 2.81. The molecule has 1 N–H and O–H groups in total. The molecule has 0 saturated carbocycles. The van der Waals surface area contributed by atoms with E-state index in [0.717, 1.165) is 4.90 Å². The summed E-state index contributed by atoms with van der Waals surface area (Å²) in [6.45, 7) is -0.352. The fraction of sp³-hybridized carbons (Fsp3) is 0.231. The average molecular weight is 272 g/mol. The Morgan fingerprint density at radius 2 is 2.20 bits per heavy atom. The molecular weight excluding hydrogens is 260 g/mol. The van der Waals surface area contributed by atoms with Crippen molar-refractivity contribution < 1.29 is 14.4 Å². The topological polar surface area (TPSA) is 93.5 Å². The van der Waals surface area contributed by atoms with E-state index in [1.807, 2.05) is 6.07 Å². The number of hydrogen-bond acceptors (Lipinski definition) is 4. The first-order chi connectivity index (χ1) is 9.51. The summed E-state index contributed by atoms with van der Waals surface area (Å²) in [4.78, 5) is 37.1. The third-order valence-electron chi connectivity index (χ3n) is 2.81. The monoisotopic (exact) mass is 272 g/mol. The van der Waals surface area contributed by atoms with Crippen LogP contribution in [0.2, 0.25) is 0 Å². The van der Waals surface area contributed by atoms with Gasteiger partial charge in [0.05, 0.1) is 11.6 Å². The lowest BCUT2D eigenvalue weighted by Crippen LogP contribution is -2.38. The number of anilines is 1. The molecule has 1 fully saturated rings. The molecule has 1 saturated heterocycles. The number of benzene rings is 1. The highest BCUT2D eigenvalue weighted by Gasteiger charge is 2.34. The van der Waals surface area contributed by atoms with Gasteiger partial charge in [-0.25, -0.2) is 4.79 Å². The summed E-state index contributed by atoms with van der Waals surface area (Å²) in [6, 6.07) is 7.84. The van der Waals surface area contributed by atoms with Crippen LogP contribution in [-0.4, -0.2) is 47.8 Å². The highest BCUT2D eigenvalue weighted by molar-refractivity contribution is 6.06. The number of carbonyl (C=O) groups excluding carboxylic acids is 3. The quantitative estimate of drug-likeness (QED) is 0.805. The van der Waals surface area contributed by atoms with Crippen molar-refractivity contribution >= 4 is 23.5 Å². The van der Waals surface area contributed by atoms with E-state index in [2.05, 4.69) is 5.32 Å². The summed E-state index contributed by atoms with van der Waals surface area (Å²) in [7, 11) is 1.49. The summed E-state index contributed by atoms with van der Waals surface area (Å²) in [5.74, 6) is -0.893. The van der Waals surface area contributed by atoms with Gasteiger partial charge in [-0.1, -0.05) is 6.07 Å². The number of carbonyl (C=O) groups is 3. The van der Waals surface area contributed by atoms with Crippen molar-refractivity contribution in [1.29, 1.82) is 5.26 Å². The first-order valence-corrected chi connectivity index (χ1v) is 5.86. The molecule has 0 aromatic heterocycles. The molecule has 7 nitrogen and oxygen atoms in total. The van der Waals surface area contributed by atoms with Gasteiger partial charge in [0, 0.05) is 12.7 Å². The van der Waals surface area contributed by atoms with Gasteiger partial charge in [-0.3, -0.25) is 14.5 Å². The standard InChI is InChI=1S/C13H12N4O3/c1-16-8-12(19)17(13(16)20)7-11(18)15-10-4-2-3-9(5-10)6-14/h2-5H,7-8H2,1H3,(H,15,18). The Bertz CT molecular complexity index is 620. The zero-order valence-corrected chi connectivity index (χ0v) is 10.8. The second-order valence-corrected chi connectivity index (χ2v) is 4.36. The van der Waals surface area contributed by atoms with E-state index in [4.69, 9.17) is 5.26 Å². The Hall–Kier alpha value is -2.88. The summed E-state index contributed by atoms with van der Waals surface area (Å²) < 4.78 is 0. The second kappa shape index (κ2) is 5.40. The van der Waals surface area contributed by atoms with Gasteiger partial charge in [0.15, 0.2) is 0 Å². The van der Waals surface area contributed by atoms with Gasteiger partial charge >= 0.3 is 6.03 Å². The van der Waals surface area contributed by atoms with Gasteiger partial charge in [0.1, 0.15) is 13.1 Å². The Labute approximate surface area is 115 Å². The predicted molar refractivity (Wildman–Crippen MR) is 69.5 cm³/mol. The van der Waals surface area contributed by atoms with Crippen molar-refractivity contribution in [3.8, 4) is 6.07 Å². The number of rotatable bonds is 3. The molecule has 1 aromatic rings. The maximum Gasteiger partial charge on any atom is 0.327 e. The first kappa shape index (κ1) is 13.5. The Balaban J connectivity index is 2.01. The number of urea groups is 1. The predicted octanol–water partition coefficient (Wildman–Crippen LogP) is 0.391. The van der Waals surface area contributed by atoms with E-state index < -0.39 is 17.8 Å². The Morgan fingerprint density at radius 3 is 2.80 bits per heavy atom. The third kappa shape index (κ3) is 2.75. The minimum atomic E-state index is -0.490. The first-order valence-electron chi connectivity index (χ1n) is 5.86. The normalized spacial score (nSPS) is 14.4. The Kier molecular flexibility index (Phi) is 3.66. The molecule has 102 valence electrons. The summed E-state index contributed by atoms with van der Waals surface area (Å²) in [5, 5.41) is 11.3. The van der Waals surface area contributed by atoms with Gasteiger partial charge in [-0.2, -0.15) is 5.26 Å². The molecule has 0 atom stereocenters. The van der Waals surface area contributed by atoms with Crippen LogP contribution in [0.15, 0.2) is 24.3 Å². The second-order valence-electron chi connectivity index (χ2n) is 4.36. The molecule has 0 spiro atoms. The minimum Gasteiger partial charge on any atom is -0.324 e. The number of imide groups is 1. The van der Waals surface area contributed by atoms with Crippen molar-refractivity contribution in [2.45, 2.75) is 0 Å². The minimum absolute atomic E-state index is 0.0178. The van der Waals surface area contributed by atoms with Gasteiger partial charge in [-0.05, 0) is 18.2 Å². The van der Waals surface area contributed by atoms with Crippen LogP contribution in [0.1, 0.15) is 5.56 Å². The van der Waals surface area contributed by atoms with Crippen LogP contribution in [0.25, 0.3) is 0 Å². The molecule has 2 rings (SSSR count). The van der Waals surface area contributed by atoms with Crippen molar-refractivity contribution in [3.63, 3.8) is 0 Å². The molecule has 0 unspecified atom stereocenters.